The van der Waals surface area contributed by atoms with Gasteiger partial charge in [-0.2, -0.15) is 0 Å². The molecule has 164 valence electrons. The molecule has 1 aromatic carbocycles. The molecule has 1 aliphatic heterocycles. The first-order chi connectivity index (χ1) is 14.7. The van der Waals surface area contributed by atoms with Crippen LogP contribution in [0, 0.1) is 5.92 Å². The molecule has 10 heteroatoms. The second-order valence-electron chi connectivity index (χ2n) is 7.65. The first-order valence-corrected chi connectivity index (χ1v) is 11.3. The Hall–Kier alpha value is -3.08. The fourth-order valence-corrected chi connectivity index (χ4v) is 4.71. The molecule has 4 rings (SSSR count). The number of fused-ring (bicyclic) bond motifs is 2. The number of ether oxygens (including phenoxy) is 1. The Morgan fingerprint density at radius 3 is 2.71 bits per heavy atom. The average Bonchev–Trinajstić information content (AvgIpc) is 2.73. The molecular weight excluding hydrogens is 420 g/mol. The van der Waals surface area contributed by atoms with Crippen LogP contribution in [0.5, 0.6) is 11.5 Å². The highest BCUT2D eigenvalue weighted by atomic mass is 32.3. The number of pyridine rings is 2. The highest BCUT2D eigenvalue weighted by molar-refractivity contribution is 8.23. The summed E-state index contributed by atoms with van der Waals surface area (Å²) >= 11 is 0. The lowest BCUT2D eigenvalue weighted by Gasteiger charge is -2.34. The fraction of sp³-hybridized carbons (Fsp3) is 0.286. The molecule has 0 unspecified atom stereocenters. The fourth-order valence-electron chi connectivity index (χ4n) is 3.53. The maximum absolute atomic E-state index is 13.4. The maximum Gasteiger partial charge on any atom is 0.267 e. The Labute approximate surface area is 180 Å². The van der Waals surface area contributed by atoms with E-state index in [1.54, 1.807) is 30.5 Å². The van der Waals surface area contributed by atoms with E-state index in [4.69, 9.17) is 4.74 Å². The van der Waals surface area contributed by atoms with Crippen LogP contribution in [0.2, 0.25) is 0 Å². The Kier molecular flexibility index (Phi) is 5.38. The summed E-state index contributed by atoms with van der Waals surface area (Å²) in [4.78, 5) is 17.9. The molecule has 31 heavy (non-hydrogen) atoms. The number of methoxy groups -OCH3 is 1. The smallest absolute Gasteiger partial charge is 0.267 e. The lowest BCUT2D eigenvalue weighted by molar-refractivity contribution is 0.415. The molecule has 3 aromatic rings. The Morgan fingerprint density at radius 1 is 1.23 bits per heavy atom. The maximum atomic E-state index is 13.4. The van der Waals surface area contributed by atoms with Gasteiger partial charge in [-0.15, -0.1) is 4.40 Å². The zero-order valence-corrected chi connectivity index (χ0v) is 18.2. The summed E-state index contributed by atoms with van der Waals surface area (Å²) in [6, 6.07) is 8.10. The van der Waals surface area contributed by atoms with Crippen LogP contribution in [0.15, 0.2) is 50.6 Å². The van der Waals surface area contributed by atoms with E-state index in [0.29, 0.717) is 29.2 Å². The van der Waals surface area contributed by atoms with E-state index in [1.807, 2.05) is 13.8 Å². The molecule has 2 aromatic heterocycles. The molecule has 0 radical (unpaired) electrons. The number of nitrogens with zero attached hydrogens (tertiary/aromatic N) is 3. The minimum Gasteiger partial charge on any atom is -0.506 e. The minimum atomic E-state index is -3.63. The van der Waals surface area contributed by atoms with Gasteiger partial charge in [0.25, 0.3) is 5.56 Å². The third-order valence-electron chi connectivity index (χ3n) is 5.13. The van der Waals surface area contributed by atoms with Crippen LogP contribution in [0.1, 0.15) is 25.8 Å². The summed E-state index contributed by atoms with van der Waals surface area (Å²) in [7, 11) is -2.18. The summed E-state index contributed by atoms with van der Waals surface area (Å²) in [5.74, 6) is 0.236. The summed E-state index contributed by atoms with van der Waals surface area (Å²) in [6.45, 7) is 4.49. The van der Waals surface area contributed by atoms with E-state index >= 15 is 0 Å². The Morgan fingerprint density at radius 2 is 2.00 bits per heavy atom. The van der Waals surface area contributed by atoms with Gasteiger partial charge in [-0.25, -0.2) is 4.98 Å². The number of benzene rings is 1. The van der Waals surface area contributed by atoms with Crippen molar-refractivity contribution in [1.29, 1.82) is 0 Å². The number of hydrogen-bond donors (Lipinski definition) is 4. The van der Waals surface area contributed by atoms with Gasteiger partial charge < -0.3 is 15.2 Å². The van der Waals surface area contributed by atoms with Crippen molar-refractivity contribution in [2.75, 3.05) is 12.4 Å². The topological polar surface area (TPSA) is 129 Å². The Balaban J connectivity index is 1.96. The first kappa shape index (κ1) is 21.2. The minimum absolute atomic E-state index is 0.136. The molecule has 3 heterocycles. The molecule has 0 bridgehead atoms. The van der Waals surface area contributed by atoms with Crippen molar-refractivity contribution in [3.05, 3.63) is 52.4 Å². The zero-order valence-electron chi connectivity index (χ0n) is 17.4. The summed E-state index contributed by atoms with van der Waals surface area (Å²) < 4.78 is 32.2. The Bertz CT molecular complexity index is 1250. The molecule has 0 aliphatic carbocycles. The largest absolute Gasteiger partial charge is 0.506 e. The van der Waals surface area contributed by atoms with Gasteiger partial charge >= 0.3 is 0 Å². The quantitative estimate of drug-likeness (QED) is 0.467. The zero-order chi connectivity index (χ0) is 22.3. The van der Waals surface area contributed by atoms with Crippen LogP contribution in [0.3, 0.4) is 0 Å². The number of anilines is 1. The van der Waals surface area contributed by atoms with Gasteiger partial charge in [0.15, 0.2) is 5.84 Å². The standard InChI is InChI=1S/C21H24N4O5S/c1-12(2)9-11-25-20-13(6-5-10-22-20)18(26)16(21(25)27)19-23-17-14(30-3)7-4-8-15(17)31(28,29)24-19/h4-8,10,12,26,28-29H,9,11H2,1-3H3,(H,23,24). The van der Waals surface area contributed by atoms with Gasteiger partial charge in [0.1, 0.15) is 33.3 Å². The summed E-state index contributed by atoms with van der Waals surface area (Å²) in [5.41, 5.74) is -0.0332. The molecule has 1 aliphatic rings. The SMILES string of the molecule is COc1cccc2c1NC(c1c(O)c3cccnc3n(CCC(C)C)c1=O)=NS2(O)O. The van der Waals surface area contributed by atoms with Crippen LogP contribution in [0.4, 0.5) is 5.69 Å². The average molecular weight is 445 g/mol. The number of para-hydroxylation sites is 1. The van der Waals surface area contributed by atoms with Crippen LogP contribution in [0.25, 0.3) is 11.0 Å². The number of aromatic nitrogens is 2. The molecule has 0 fully saturated rings. The van der Waals surface area contributed by atoms with Gasteiger partial charge in [-0.05, 0) is 36.6 Å². The predicted molar refractivity (Wildman–Crippen MR) is 121 cm³/mol. The van der Waals surface area contributed by atoms with Crippen molar-refractivity contribution in [3.8, 4) is 11.5 Å². The van der Waals surface area contributed by atoms with Gasteiger partial charge in [0.2, 0.25) is 0 Å². The molecule has 9 nitrogen and oxygen atoms in total. The molecule has 0 spiro atoms. The number of hydrogen-bond acceptors (Lipinski definition) is 8. The van der Waals surface area contributed by atoms with Crippen molar-refractivity contribution in [3.63, 3.8) is 0 Å². The highest BCUT2D eigenvalue weighted by Crippen LogP contribution is 2.57. The predicted octanol–water partition coefficient (Wildman–Crippen LogP) is 4.05. The molecule has 0 atom stereocenters. The van der Waals surface area contributed by atoms with Crippen LogP contribution >= 0.6 is 10.8 Å². The van der Waals surface area contributed by atoms with Crippen molar-refractivity contribution in [2.24, 2.45) is 10.3 Å². The van der Waals surface area contributed by atoms with Gasteiger partial charge in [0, 0.05) is 12.7 Å². The molecule has 0 saturated carbocycles. The van der Waals surface area contributed by atoms with E-state index in [0.717, 1.165) is 6.42 Å². The van der Waals surface area contributed by atoms with Crippen LogP contribution < -0.4 is 15.6 Å². The lowest BCUT2D eigenvalue weighted by Crippen LogP contribution is -2.33. The van der Waals surface area contributed by atoms with Crippen molar-refractivity contribution >= 4 is 33.3 Å². The number of aryl methyl sites for hydroxylation is 1. The van der Waals surface area contributed by atoms with Crippen LogP contribution in [-0.2, 0) is 6.54 Å². The van der Waals surface area contributed by atoms with Gasteiger partial charge in [0.05, 0.1) is 12.5 Å². The van der Waals surface area contributed by atoms with Gasteiger partial charge in [-0.1, -0.05) is 30.7 Å². The third kappa shape index (κ3) is 3.62. The number of nitrogens with one attached hydrogen (secondary N) is 1. The van der Waals surface area contributed by atoms with E-state index in [-0.39, 0.29) is 27.7 Å². The normalized spacial score (nSPS) is 15.9. The number of amidine groups is 1. The number of rotatable bonds is 5. The molecule has 0 amide bonds. The van der Waals surface area contributed by atoms with Crippen molar-refractivity contribution in [1.82, 2.24) is 9.55 Å². The second-order valence-corrected chi connectivity index (χ2v) is 9.31. The summed E-state index contributed by atoms with van der Waals surface area (Å²) in [5, 5.41) is 14.3. The monoisotopic (exact) mass is 444 g/mol. The van der Waals surface area contributed by atoms with Crippen molar-refractivity contribution in [2.45, 2.75) is 31.7 Å². The second kappa shape index (κ2) is 7.88. The number of aromatic hydroxyl groups is 1. The van der Waals surface area contributed by atoms with Gasteiger partial charge in [-0.3, -0.25) is 18.5 Å². The highest BCUT2D eigenvalue weighted by Gasteiger charge is 2.32. The van der Waals surface area contributed by atoms with Crippen molar-refractivity contribution < 1.29 is 18.9 Å². The summed E-state index contributed by atoms with van der Waals surface area (Å²) in [6.07, 6.45) is 2.28. The molecular formula is C21H24N4O5S. The van der Waals surface area contributed by atoms with E-state index in [9.17, 15) is 19.0 Å². The third-order valence-corrected chi connectivity index (χ3v) is 6.49. The molecule has 4 N–H and O–H groups in total. The van der Waals surface area contributed by atoms with E-state index in [2.05, 4.69) is 14.7 Å². The lowest BCUT2D eigenvalue weighted by atomic mass is 10.1. The van der Waals surface area contributed by atoms with E-state index < -0.39 is 16.3 Å². The molecule has 0 saturated heterocycles. The van der Waals surface area contributed by atoms with Crippen LogP contribution in [-0.4, -0.2) is 36.7 Å². The van der Waals surface area contributed by atoms with E-state index in [1.165, 1.54) is 17.7 Å². The first-order valence-electron chi connectivity index (χ1n) is 9.77.